The van der Waals surface area contributed by atoms with E-state index in [9.17, 15) is 0 Å². The minimum atomic E-state index is 0.868. The molecule has 3 aromatic rings. The molecule has 2 aromatic heterocycles. The van der Waals surface area contributed by atoms with Crippen molar-refractivity contribution in [3.05, 3.63) is 51.1 Å². The highest BCUT2D eigenvalue weighted by molar-refractivity contribution is 9.10. The first-order valence-electron chi connectivity index (χ1n) is 7.01. The summed E-state index contributed by atoms with van der Waals surface area (Å²) in [6, 6.07) is 8.65. The van der Waals surface area contributed by atoms with Crippen LogP contribution in [0.5, 0.6) is 0 Å². The normalized spacial score (nSPS) is 13.9. The fourth-order valence-electron chi connectivity index (χ4n) is 2.79. The number of hydrogen-bond acceptors (Lipinski definition) is 4. The monoisotopic (exact) mass is 359 g/mol. The summed E-state index contributed by atoms with van der Waals surface area (Å²) >= 11 is 5.25. The van der Waals surface area contributed by atoms with Crippen LogP contribution in [0.15, 0.2) is 34.1 Å². The number of benzene rings is 1. The van der Waals surface area contributed by atoms with Gasteiger partial charge in [0.15, 0.2) is 0 Å². The highest BCUT2D eigenvalue weighted by atomic mass is 79.9. The van der Waals surface area contributed by atoms with Crippen molar-refractivity contribution >= 4 is 43.3 Å². The third-order valence-electron chi connectivity index (χ3n) is 3.86. The Labute approximate surface area is 135 Å². The van der Waals surface area contributed by atoms with Crippen LogP contribution < -0.4 is 4.90 Å². The molecule has 0 spiro atoms. The molecule has 1 aliphatic heterocycles. The molecule has 1 aromatic carbocycles. The molecule has 3 nitrogen and oxygen atoms in total. The van der Waals surface area contributed by atoms with Crippen LogP contribution in [0, 0.1) is 0 Å². The lowest BCUT2D eigenvalue weighted by molar-refractivity contribution is 0.841. The number of fused-ring (bicyclic) bond motifs is 2. The lowest BCUT2D eigenvalue weighted by atomic mass is 10.1. The topological polar surface area (TPSA) is 29.0 Å². The summed E-state index contributed by atoms with van der Waals surface area (Å²) in [6.45, 7) is 3.95. The van der Waals surface area contributed by atoms with Gasteiger partial charge in [-0.15, -0.1) is 11.3 Å². The summed E-state index contributed by atoms with van der Waals surface area (Å²) in [7, 11) is 0. The van der Waals surface area contributed by atoms with Crippen molar-refractivity contribution < 1.29 is 0 Å². The molecule has 0 amide bonds. The number of halogens is 1. The SMILES string of the molecule is CCc1nc(N2Cc3ccc(Br)cc3C2)c2ccsc2n1. The molecule has 1 aliphatic rings. The molecule has 0 aliphatic carbocycles. The van der Waals surface area contributed by atoms with E-state index >= 15 is 0 Å². The van der Waals surface area contributed by atoms with E-state index in [-0.39, 0.29) is 0 Å². The molecule has 0 radical (unpaired) electrons. The van der Waals surface area contributed by atoms with E-state index in [0.29, 0.717) is 0 Å². The molecular formula is C16H14BrN3S. The van der Waals surface area contributed by atoms with Gasteiger partial charge in [0.1, 0.15) is 16.5 Å². The minimum Gasteiger partial charge on any atom is -0.347 e. The summed E-state index contributed by atoms with van der Waals surface area (Å²) in [6.07, 6.45) is 0.868. The Morgan fingerprint density at radius 2 is 2.05 bits per heavy atom. The third-order valence-corrected chi connectivity index (χ3v) is 5.16. The summed E-state index contributed by atoms with van der Waals surface area (Å²) in [4.78, 5) is 12.9. The first-order chi connectivity index (χ1) is 10.2. The van der Waals surface area contributed by atoms with Crippen molar-refractivity contribution in [2.45, 2.75) is 26.4 Å². The second-order valence-corrected chi connectivity index (χ2v) is 7.04. The Bertz CT molecular complexity index is 828. The van der Waals surface area contributed by atoms with Crippen molar-refractivity contribution in [3.63, 3.8) is 0 Å². The molecule has 0 atom stereocenters. The molecule has 3 heterocycles. The van der Waals surface area contributed by atoms with E-state index in [0.717, 1.165) is 40.5 Å². The maximum absolute atomic E-state index is 4.79. The number of anilines is 1. The van der Waals surface area contributed by atoms with Gasteiger partial charge in [0.05, 0.1) is 5.39 Å². The van der Waals surface area contributed by atoms with Crippen molar-refractivity contribution in [1.82, 2.24) is 9.97 Å². The van der Waals surface area contributed by atoms with Crippen LogP contribution in [0.3, 0.4) is 0 Å². The lowest BCUT2D eigenvalue weighted by Gasteiger charge is -2.18. The number of aryl methyl sites for hydroxylation is 1. The average molecular weight is 360 g/mol. The largest absolute Gasteiger partial charge is 0.347 e. The van der Waals surface area contributed by atoms with Crippen LogP contribution >= 0.6 is 27.3 Å². The third kappa shape index (κ3) is 2.24. The Hall–Kier alpha value is -1.46. The van der Waals surface area contributed by atoms with E-state index in [1.54, 1.807) is 11.3 Å². The van der Waals surface area contributed by atoms with Gasteiger partial charge >= 0.3 is 0 Å². The van der Waals surface area contributed by atoms with Gasteiger partial charge in [0.25, 0.3) is 0 Å². The van der Waals surface area contributed by atoms with Crippen molar-refractivity contribution in [1.29, 1.82) is 0 Å². The van der Waals surface area contributed by atoms with E-state index in [1.165, 1.54) is 16.5 Å². The second kappa shape index (κ2) is 5.07. The van der Waals surface area contributed by atoms with Crippen LogP contribution in [-0.2, 0) is 19.5 Å². The number of nitrogens with zero attached hydrogens (tertiary/aromatic N) is 3. The molecule has 5 heteroatoms. The van der Waals surface area contributed by atoms with E-state index in [2.05, 4.69) is 62.4 Å². The van der Waals surface area contributed by atoms with Gasteiger partial charge in [-0.3, -0.25) is 0 Å². The zero-order valence-electron chi connectivity index (χ0n) is 11.6. The molecule has 0 fully saturated rings. The Morgan fingerprint density at radius 1 is 1.19 bits per heavy atom. The highest BCUT2D eigenvalue weighted by Gasteiger charge is 2.23. The maximum Gasteiger partial charge on any atom is 0.141 e. The molecular weight excluding hydrogens is 346 g/mol. The first kappa shape index (κ1) is 13.2. The van der Waals surface area contributed by atoms with Gasteiger partial charge in [-0.1, -0.05) is 28.9 Å². The maximum atomic E-state index is 4.79. The van der Waals surface area contributed by atoms with Crippen LogP contribution in [0.2, 0.25) is 0 Å². The molecule has 0 unspecified atom stereocenters. The van der Waals surface area contributed by atoms with Crippen LogP contribution in [0.25, 0.3) is 10.2 Å². The number of thiophene rings is 1. The lowest BCUT2D eigenvalue weighted by Crippen LogP contribution is -2.17. The second-order valence-electron chi connectivity index (χ2n) is 5.23. The highest BCUT2D eigenvalue weighted by Crippen LogP contribution is 2.34. The molecule has 0 saturated carbocycles. The van der Waals surface area contributed by atoms with Crippen molar-refractivity contribution in [2.75, 3.05) is 4.90 Å². The molecule has 0 bridgehead atoms. The average Bonchev–Trinajstić information content (AvgIpc) is 3.11. The van der Waals surface area contributed by atoms with Gasteiger partial charge in [-0.05, 0) is 34.7 Å². The van der Waals surface area contributed by atoms with E-state index < -0.39 is 0 Å². The van der Waals surface area contributed by atoms with Crippen molar-refractivity contribution in [3.8, 4) is 0 Å². The minimum absolute atomic E-state index is 0.868. The summed E-state index contributed by atoms with van der Waals surface area (Å²) in [5, 5.41) is 3.27. The molecule has 21 heavy (non-hydrogen) atoms. The van der Waals surface area contributed by atoms with Gasteiger partial charge in [0, 0.05) is 24.0 Å². The smallest absolute Gasteiger partial charge is 0.141 e. The van der Waals surface area contributed by atoms with Crippen LogP contribution in [0.1, 0.15) is 23.9 Å². The Morgan fingerprint density at radius 3 is 2.90 bits per heavy atom. The first-order valence-corrected chi connectivity index (χ1v) is 8.68. The predicted molar refractivity (Wildman–Crippen MR) is 90.8 cm³/mol. The van der Waals surface area contributed by atoms with Gasteiger partial charge in [0.2, 0.25) is 0 Å². The molecule has 4 rings (SSSR count). The van der Waals surface area contributed by atoms with E-state index in [4.69, 9.17) is 4.98 Å². The van der Waals surface area contributed by atoms with Gasteiger partial charge in [-0.25, -0.2) is 9.97 Å². The Balaban J connectivity index is 1.80. The predicted octanol–water partition coefficient (Wildman–Crippen LogP) is 4.54. The quantitative estimate of drug-likeness (QED) is 0.672. The van der Waals surface area contributed by atoms with E-state index in [1.807, 2.05) is 0 Å². The van der Waals surface area contributed by atoms with Crippen LogP contribution in [0.4, 0.5) is 5.82 Å². The standard InChI is InChI=1S/C16H14BrN3S/c1-2-14-18-15(13-5-6-21-16(13)19-14)20-8-10-3-4-12(17)7-11(10)9-20/h3-7H,2,8-9H2,1H3. The zero-order valence-corrected chi connectivity index (χ0v) is 14.0. The van der Waals surface area contributed by atoms with Crippen molar-refractivity contribution in [2.24, 2.45) is 0 Å². The fraction of sp³-hybridized carbons (Fsp3) is 0.250. The summed E-state index contributed by atoms with van der Waals surface area (Å²) in [5.41, 5.74) is 2.77. The zero-order chi connectivity index (χ0) is 14.4. The number of aromatic nitrogens is 2. The molecule has 0 saturated heterocycles. The number of hydrogen-bond donors (Lipinski definition) is 0. The molecule has 106 valence electrons. The van der Waals surface area contributed by atoms with Gasteiger partial charge < -0.3 is 4.90 Å². The van der Waals surface area contributed by atoms with Crippen LogP contribution in [-0.4, -0.2) is 9.97 Å². The number of rotatable bonds is 2. The fourth-order valence-corrected chi connectivity index (χ4v) is 3.98. The Kier molecular flexibility index (Phi) is 3.19. The summed E-state index contributed by atoms with van der Waals surface area (Å²) < 4.78 is 1.14. The molecule has 0 N–H and O–H groups in total. The summed E-state index contributed by atoms with van der Waals surface area (Å²) in [5.74, 6) is 2.00. The van der Waals surface area contributed by atoms with Gasteiger partial charge in [-0.2, -0.15) is 0 Å².